The molecule has 8 heteroatoms. The molecular weight excluding hydrogens is 480 g/mol. The number of nitrogens with two attached hydrogens (primary N) is 1. The van der Waals surface area contributed by atoms with E-state index in [1.54, 1.807) is 13.0 Å². The van der Waals surface area contributed by atoms with Crippen LogP contribution in [0.25, 0.3) is 42.8 Å². The number of pyridine rings is 2. The number of nitrogens with zero attached hydrogens (tertiary/aromatic N) is 3. The number of nitrogen functional groups attached to an aromatic ring is 1. The maximum absolute atomic E-state index is 13.5. The molecule has 0 bridgehead atoms. The predicted molar refractivity (Wildman–Crippen MR) is 141 cm³/mol. The summed E-state index contributed by atoms with van der Waals surface area (Å²) in [6, 6.07) is 18.9. The Hall–Kier alpha value is -3.99. The first kappa shape index (κ1) is 22.8. The van der Waals surface area contributed by atoms with Crippen molar-refractivity contribution in [3.8, 4) is 28.5 Å². The highest BCUT2D eigenvalue weighted by Crippen LogP contribution is 2.46. The minimum atomic E-state index is -0.506. The molecule has 0 spiro atoms. The summed E-state index contributed by atoms with van der Waals surface area (Å²) in [5.74, 6) is -0.375. The van der Waals surface area contributed by atoms with Crippen LogP contribution >= 0.6 is 22.9 Å². The number of aryl methyl sites for hydroxylation is 1. The number of anilines is 1. The molecular formula is C27H19ClN4O2S. The number of ether oxygens (including phenoxy) is 1. The average molecular weight is 499 g/mol. The van der Waals surface area contributed by atoms with Gasteiger partial charge in [0, 0.05) is 27.1 Å². The number of rotatable bonds is 4. The molecule has 2 aromatic carbocycles. The monoisotopic (exact) mass is 498 g/mol. The van der Waals surface area contributed by atoms with Crippen molar-refractivity contribution in [3.63, 3.8) is 0 Å². The van der Waals surface area contributed by atoms with E-state index in [-0.39, 0.29) is 12.4 Å². The third-order valence-electron chi connectivity index (χ3n) is 5.80. The molecule has 0 amide bonds. The highest BCUT2D eigenvalue weighted by molar-refractivity contribution is 7.25. The molecule has 0 atom stereocenters. The minimum Gasteiger partial charge on any atom is -0.462 e. The number of hydrogen-bond acceptors (Lipinski definition) is 7. The number of thiophene rings is 1. The van der Waals surface area contributed by atoms with Crippen LogP contribution in [0.2, 0.25) is 5.02 Å². The zero-order valence-corrected chi connectivity index (χ0v) is 20.5. The van der Waals surface area contributed by atoms with E-state index < -0.39 is 5.97 Å². The molecule has 6 nitrogen and oxygen atoms in total. The van der Waals surface area contributed by atoms with Crippen LogP contribution in [0.3, 0.4) is 0 Å². The number of carbonyl (C=O) groups excluding carboxylic acids is 1. The van der Waals surface area contributed by atoms with Crippen molar-refractivity contribution in [1.82, 2.24) is 9.97 Å². The first-order valence-electron chi connectivity index (χ1n) is 10.9. The number of halogens is 1. The number of fused-ring (bicyclic) bond motifs is 3. The molecule has 35 heavy (non-hydrogen) atoms. The Morgan fingerprint density at radius 2 is 1.86 bits per heavy atom. The van der Waals surface area contributed by atoms with Gasteiger partial charge in [-0.05, 0) is 25.5 Å². The molecule has 0 radical (unpaired) electrons. The van der Waals surface area contributed by atoms with Gasteiger partial charge in [-0.25, -0.2) is 14.8 Å². The maximum atomic E-state index is 13.5. The topological polar surface area (TPSA) is 102 Å². The fourth-order valence-corrected chi connectivity index (χ4v) is 5.60. The second-order valence-corrected chi connectivity index (χ2v) is 9.25. The first-order chi connectivity index (χ1) is 17.0. The lowest BCUT2D eigenvalue weighted by Crippen LogP contribution is -2.10. The zero-order valence-electron chi connectivity index (χ0n) is 18.9. The summed E-state index contributed by atoms with van der Waals surface area (Å²) < 4.78 is 6.29. The second kappa shape index (κ2) is 8.99. The van der Waals surface area contributed by atoms with Gasteiger partial charge in [0.15, 0.2) is 0 Å². The van der Waals surface area contributed by atoms with Crippen LogP contribution in [0.15, 0.2) is 54.6 Å². The van der Waals surface area contributed by atoms with Gasteiger partial charge in [0.25, 0.3) is 0 Å². The quantitative estimate of drug-likeness (QED) is 0.274. The van der Waals surface area contributed by atoms with Crippen molar-refractivity contribution in [1.29, 1.82) is 5.26 Å². The Morgan fingerprint density at radius 1 is 1.14 bits per heavy atom. The summed E-state index contributed by atoms with van der Waals surface area (Å²) in [5, 5.41) is 10.7. The molecule has 0 aliphatic rings. The maximum Gasteiger partial charge on any atom is 0.341 e. The molecule has 3 aromatic heterocycles. The lowest BCUT2D eigenvalue weighted by molar-refractivity contribution is 0.0528. The van der Waals surface area contributed by atoms with Crippen molar-refractivity contribution in [2.45, 2.75) is 13.8 Å². The summed E-state index contributed by atoms with van der Waals surface area (Å²) in [6.07, 6.45) is 0. The summed E-state index contributed by atoms with van der Waals surface area (Å²) in [4.78, 5) is 23.7. The van der Waals surface area contributed by atoms with Crippen molar-refractivity contribution < 1.29 is 9.53 Å². The van der Waals surface area contributed by atoms with E-state index >= 15 is 0 Å². The second-order valence-electron chi connectivity index (χ2n) is 7.85. The molecule has 3 heterocycles. The Morgan fingerprint density at radius 3 is 2.54 bits per heavy atom. The zero-order chi connectivity index (χ0) is 24.7. The van der Waals surface area contributed by atoms with Gasteiger partial charge in [0.1, 0.15) is 16.7 Å². The summed E-state index contributed by atoms with van der Waals surface area (Å²) in [7, 11) is 0. The van der Waals surface area contributed by atoms with E-state index in [1.807, 2.05) is 55.5 Å². The van der Waals surface area contributed by atoms with E-state index in [0.29, 0.717) is 48.7 Å². The number of carbonyl (C=O) groups is 1. The molecule has 172 valence electrons. The van der Waals surface area contributed by atoms with Gasteiger partial charge in [-0.15, -0.1) is 11.3 Å². The van der Waals surface area contributed by atoms with Crippen LogP contribution in [0.4, 0.5) is 5.82 Å². The Kier molecular flexibility index (Phi) is 5.85. The van der Waals surface area contributed by atoms with Crippen molar-refractivity contribution in [2.75, 3.05) is 12.3 Å². The van der Waals surface area contributed by atoms with Gasteiger partial charge in [0.05, 0.1) is 33.6 Å². The minimum absolute atomic E-state index is 0.132. The van der Waals surface area contributed by atoms with E-state index in [0.717, 1.165) is 15.8 Å². The van der Waals surface area contributed by atoms with Crippen LogP contribution in [-0.2, 0) is 4.74 Å². The Bertz CT molecular complexity index is 1670. The molecule has 0 aliphatic carbocycles. The van der Waals surface area contributed by atoms with Crippen LogP contribution < -0.4 is 5.73 Å². The number of hydrogen-bond donors (Lipinski definition) is 1. The molecule has 0 saturated carbocycles. The molecule has 2 N–H and O–H groups in total. The molecule has 5 aromatic rings. The molecule has 0 saturated heterocycles. The molecule has 0 fully saturated rings. The summed E-state index contributed by atoms with van der Waals surface area (Å²) >= 11 is 8.09. The largest absolute Gasteiger partial charge is 0.462 e. The predicted octanol–water partition coefficient (Wildman–Crippen LogP) is 6.77. The normalized spacial score (nSPS) is 11.0. The SMILES string of the molecule is CCOC(=O)c1c(-c2ccccc2)nc2sc3c(C)c(C#N)c(N)nc3c2c1-c1ccccc1Cl. The lowest BCUT2D eigenvalue weighted by atomic mass is 9.92. The van der Waals surface area contributed by atoms with Gasteiger partial charge < -0.3 is 10.5 Å². The van der Waals surface area contributed by atoms with Crippen LogP contribution in [0.5, 0.6) is 0 Å². The standard InChI is InChI=1S/C27H19ClN4O2S/c1-3-34-27(33)21-19(16-11-7-8-12-18(16)28)20-23-24(14(2)17(13-29)25(30)31-23)35-26(20)32-22(21)15-9-5-4-6-10-15/h4-12H,3H2,1-2H3,(H2,30,31). The van der Waals surface area contributed by atoms with Crippen molar-refractivity contribution >= 4 is 55.2 Å². The fraction of sp³-hybridized carbons (Fsp3) is 0.111. The number of esters is 1. The molecule has 5 rings (SSSR count). The third-order valence-corrected chi connectivity index (χ3v) is 7.32. The highest BCUT2D eigenvalue weighted by atomic mass is 35.5. The van der Waals surface area contributed by atoms with Gasteiger partial charge >= 0.3 is 5.97 Å². The number of benzene rings is 2. The van der Waals surface area contributed by atoms with E-state index in [1.165, 1.54) is 11.3 Å². The van der Waals surface area contributed by atoms with E-state index in [9.17, 15) is 10.1 Å². The van der Waals surface area contributed by atoms with E-state index in [4.69, 9.17) is 27.1 Å². The Balaban J connectivity index is 2.06. The number of nitriles is 1. The first-order valence-corrected chi connectivity index (χ1v) is 12.1. The highest BCUT2D eigenvalue weighted by Gasteiger charge is 2.29. The van der Waals surface area contributed by atoms with Gasteiger partial charge in [0.2, 0.25) is 0 Å². The average Bonchev–Trinajstić information content (AvgIpc) is 3.23. The third kappa shape index (κ3) is 3.68. The fourth-order valence-electron chi connectivity index (χ4n) is 4.24. The van der Waals surface area contributed by atoms with Crippen molar-refractivity contribution in [2.24, 2.45) is 0 Å². The molecule has 0 unspecified atom stereocenters. The van der Waals surface area contributed by atoms with E-state index in [2.05, 4.69) is 11.1 Å². The lowest BCUT2D eigenvalue weighted by Gasteiger charge is -2.16. The smallest absolute Gasteiger partial charge is 0.341 e. The summed E-state index contributed by atoms with van der Waals surface area (Å²) in [6.45, 7) is 3.80. The molecule has 0 aliphatic heterocycles. The number of aromatic nitrogens is 2. The van der Waals surface area contributed by atoms with Gasteiger partial charge in [-0.3, -0.25) is 0 Å². The van der Waals surface area contributed by atoms with Crippen LogP contribution in [-0.4, -0.2) is 22.5 Å². The van der Waals surface area contributed by atoms with Crippen LogP contribution in [0.1, 0.15) is 28.4 Å². The van der Waals surface area contributed by atoms with Gasteiger partial charge in [-0.2, -0.15) is 5.26 Å². The van der Waals surface area contributed by atoms with Crippen molar-refractivity contribution in [3.05, 3.63) is 76.3 Å². The Labute approximate surface area is 210 Å². The van der Waals surface area contributed by atoms with Crippen LogP contribution in [0, 0.1) is 18.3 Å². The summed E-state index contributed by atoms with van der Waals surface area (Å²) in [5.41, 5.74) is 10.6. The van der Waals surface area contributed by atoms with Gasteiger partial charge in [-0.1, -0.05) is 60.1 Å².